The van der Waals surface area contributed by atoms with Gasteiger partial charge in [0.15, 0.2) is 0 Å². The first kappa shape index (κ1) is 12.6. The first-order valence-electron chi connectivity index (χ1n) is 6.78. The zero-order valence-electron chi connectivity index (χ0n) is 11.3. The van der Waals surface area contributed by atoms with Gasteiger partial charge in [-0.05, 0) is 49.3 Å². The highest BCUT2D eigenvalue weighted by Crippen LogP contribution is 2.24. The monoisotopic (exact) mass is 232 g/mol. The lowest BCUT2D eigenvalue weighted by atomic mass is 9.88. The van der Waals surface area contributed by atoms with Crippen LogP contribution in [0.5, 0.6) is 0 Å². The van der Waals surface area contributed by atoms with Crippen LogP contribution in [0.2, 0.25) is 0 Å². The molecule has 2 heterocycles. The Morgan fingerprint density at radius 3 is 2.94 bits per heavy atom. The fraction of sp³-hybridized carbons (Fsp3) is 0.667. The minimum atomic E-state index is 0.813. The quantitative estimate of drug-likeness (QED) is 0.795. The molecule has 0 amide bonds. The first-order valence-corrected chi connectivity index (χ1v) is 6.78. The van der Waals surface area contributed by atoms with Crippen molar-refractivity contribution >= 4 is 0 Å². The Kier molecular flexibility index (Phi) is 4.16. The SMILES string of the molecule is Cc1cncc(CN2CCCC(C(C)C)C2)c1. The van der Waals surface area contributed by atoms with Crippen molar-refractivity contribution in [1.29, 1.82) is 0 Å². The molecule has 0 aliphatic carbocycles. The number of nitrogens with zero attached hydrogens (tertiary/aromatic N) is 2. The number of aromatic nitrogens is 1. The van der Waals surface area contributed by atoms with E-state index in [1.807, 2.05) is 12.4 Å². The molecule has 1 aliphatic heterocycles. The molecular formula is C15H24N2. The van der Waals surface area contributed by atoms with Gasteiger partial charge < -0.3 is 0 Å². The van der Waals surface area contributed by atoms with E-state index >= 15 is 0 Å². The van der Waals surface area contributed by atoms with Crippen molar-refractivity contribution in [1.82, 2.24) is 9.88 Å². The van der Waals surface area contributed by atoms with Gasteiger partial charge in [0.2, 0.25) is 0 Å². The van der Waals surface area contributed by atoms with Gasteiger partial charge in [-0.15, -0.1) is 0 Å². The molecule has 1 fully saturated rings. The van der Waals surface area contributed by atoms with Crippen molar-refractivity contribution in [2.24, 2.45) is 11.8 Å². The Morgan fingerprint density at radius 2 is 2.24 bits per heavy atom. The van der Waals surface area contributed by atoms with Crippen molar-refractivity contribution < 1.29 is 0 Å². The van der Waals surface area contributed by atoms with Crippen LogP contribution in [0.25, 0.3) is 0 Å². The van der Waals surface area contributed by atoms with E-state index in [0.717, 1.165) is 18.4 Å². The second-order valence-corrected chi connectivity index (χ2v) is 5.75. The molecule has 1 saturated heterocycles. The van der Waals surface area contributed by atoms with Crippen LogP contribution in [-0.4, -0.2) is 23.0 Å². The predicted molar refractivity (Wildman–Crippen MR) is 71.8 cm³/mol. The third kappa shape index (κ3) is 3.53. The van der Waals surface area contributed by atoms with E-state index in [1.165, 1.54) is 37.1 Å². The molecule has 0 spiro atoms. The highest BCUT2D eigenvalue weighted by Gasteiger charge is 2.22. The van der Waals surface area contributed by atoms with Gasteiger partial charge >= 0.3 is 0 Å². The Bertz CT molecular complexity index is 360. The number of aryl methyl sites for hydroxylation is 1. The fourth-order valence-corrected chi connectivity index (χ4v) is 2.74. The van der Waals surface area contributed by atoms with E-state index in [-0.39, 0.29) is 0 Å². The van der Waals surface area contributed by atoms with Gasteiger partial charge in [0.05, 0.1) is 0 Å². The average molecular weight is 232 g/mol. The number of hydrogen-bond acceptors (Lipinski definition) is 2. The Labute approximate surface area is 105 Å². The van der Waals surface area contributed by atoms with Gasteiger partial charge in [-0.3, -0.25) is 9.88 Å². The van der Waals surface area contributed by atoms with Crippen molar-refractivity contribution in [2.45, 2.75) is 40.2 Å². The molecular weight excluding hydrogens is 208 g/mol. The summed E-state index contributed by atoms with van der Waals surface area (Å²) >= 11 is 0. The number of hydrogen-bond donors (Lipinski definition) is 0. The molecule has 0 N–H and O–H groups in total. The summed E-state index contributed by atoms with van der Waals surface area (Å²) in [4.78, 5) is 6.87. The molecule has 94 valence electrons. The summed E-state index contributed by atoms with van der Waals surface area (Å²) in [5.41, 5.74) is 2.62. The lowest BCUT2D eigenvalue weighted by Gasteiger charge is -2.34. The fourth-order valence-electron chi connectivity index (χ4n) is 2.74. The highest BCUT2D eigenvalue weighted by molar-refractivity contribution is 5.16. The smallest absolute Gasteiger partial charge is 0.0313 e. The third-order valence-electron chi connectivity index (χ3n) is 3.82. The van der Waals surface area contributed by atoms with Crippen LogP contribution in [0, 0.1) is 18.8 Å². The minimum Gasteiger partial charge on any atom is -0.299 e. The highest BCUT2D eigenvalue weighted by atomic mass is 15.1. The normalized spacial score (nSPS) is 22.0. The zero-order valence-corrected chi connectivity index (χ0v) is 11.3. The van der Waals surface area contributed by atoms with E-state index < -0.39 is 0 Å². The van der Waals surface area contributed by atoms with E-state index in [9.17, 15) is 0 Å². The van der Waals surface area contributed by atoms with E-state index in [1.54, 1.807) is 0 Å². The molecule has 1 atom stereocenters. The number of pyridine rings is 1. The van der Waals surface area contributed by atoms with Crippen molar-refractivity contribution in [3.05, 3.63) is 29.6 Å². The first-order chi connectivity index (χ1) is 8.15. The lowest BCUT2D eigenvalue weighted by molar-refractivity contribution is 0.139. The molecule has 2 rings (SSSR count). The molecule has 0 saturated carbocycles. The largest absolute Gasteiger partial charge is 0.299 e. The molecule has 1 aromatic heterocycles. The second-order valence-electron chi connectivity index (χ2n) is 5.75. The molecule has 0 bridgehead atoms. The Balaban J connectivity index is 1.94. The maximum absolute atomic E-state index is 4.28. The van der Waals surface area contributed by atoms with Crippen LogP contribution in [0.4, 0.5) is 0 Å². The van der Waals surface area contributed by atoms with Gasteiger partial charge in [0.1, 0.15) is 0 Å². The van der Waals surface area contributed by atoms with E-state index in [4.69, 9.17) is 0 Å². The van der Waals surface area contributed by atoms with E-state index in [2.05, 4.69) is 36.7 Å². The Morgan fingerprint density at radius 1 is 1.41 bits per heavy atom. The minimum absolute atomic E-state index is 0.813. The molecule has 0 radical (unpaired) electrons. The van der Waals surface area contributed by atoms with Crippen LogP contribution in [-0.2, 0) is 6.54 Å². The zero-order chi connectivity index (χ0) is 12.3. The summed E-state index contributed by atoms with van der Waals surface area (Å²) in [6.45, 7) is 10.4. The molecule has 2 heteroatoms. The number of likely N-dealkylation sites (tertiary alicyclic amines) is 1. The summed E-state index contributed by atoms with van der Waals surface area (Å²) in [5.74, 6) is 1.69. The summed E-state index contributed by atoms with van der Waals surface area (Å²) in [7, 11) is 0. The van der Waals surface area contributed by atoms with Crippen molar-refractivity contribution in [3.8, 4) is 0 Å². The van der Waals surface area contributed by atoms with Gasteiger partial charge in [-0.2, -0.15) is 0 Å². The van der Waals surface area contributed by atoms with Gasteiger partial charge in [0, 0.05) is 25.5 Å². The van der Waals surface area contributed by atoms with Gasteiger partial charge in [-0.1, -0.05) is 19.9 Å². The van der Waals surface area contributed by atoms with Crippen LogP contribution >= 0.6 is 0 Å². The van der Waals surface area contributed by atoms with E-state index in [0.29, 0.717) is 0 Å². The van der Waals surface area contributed by atoms with Crippen LogP contribution < -0.4 is 0 Å². The molecule has 1 aromatic rings. The molecule has 2 nitrogen and oxygen atoms in total. The van der Waals surface area contributed by atoms with Crippen LogP contribution in [0.15, 0.2) is 18.5 Å². The third-order valence-corrected chi connectivity index (χ3v) is 3.82. The second kappa shape index (κ2) is 5.63. The summed E-state index contributed by atoms with van der Waals surface area (Å²) in [5, 5.41) is 0. The maximum Gasteiger partial charge on any atom is 0.0313 e. The lowest BCUT2D eigenvalue weighted by Crippen LogP contribution is -2.36. The van der Waals surface area contributed by atoms with Crippen LogP contribution in [0.3, 0.4) is 0 Å². The predicted octanol–water partition coefficient (Wildman–Crippen LogP) is 3.26. The average Bonchev–Trinajstić information content (AvgIpc) is 2.29. The van der Waals surface area contributed by atoms with Gasteiger partial charge in [0.25, 0.3) is 0 Å². The molecule has 17 heavy (non-hydrogen) atoms. The summed E-state index contributed by atoms with van der Waals surface area (Å²) < 4.78 is 0. The molecule has 0 aromatic carbocycles. The number of piperidine rings is 1. The van der Waals surface area contributed by atoms with Gasteiger partial charge in [-0.25, -0.2) is 0 Å². The standard InChI is InChI=1S/C15H24N2/c1-12(2)15-5-4-6-17(11-15)10-14-7-13(3)8-16-9-14/h7-9,12,15H,4-6,10-11H2,1-3H3. The van der Waals surface area contributed by atoms with Crippen LogP contribution in [0.1, 0.15) is 37.8 Å². The summed E-state index contributed by atoms with van der Waals surface area (Å²) in [6.07, 6.45) is 6.69. The Hall–Kier alpha value is -0.890. The summed E-state index contributed by atoms with van der Waals surface area (Å²) in [6, 6.07) is 2.26. The topological polar surface area (TPSA) is 16.1 Å². The molecule has 1 aliphatic rings. The maximum atomic E-state index is 4.28. The van der Waals surface area contributed by atoms with Crippen molar-refractivity contribution in [3.63, 3.8) is 0 Å². The number of rotatable bonds is 3. The molecule has 1 unspecified atom stereocenters. The van der Waals surface area contributed by atoms with Crippen molar-refractivity contribution in [2.75, 3.05) is 13.1 Å².